The van der Waals surface area contributed by atoms with E-state index >= 15 is 0 Å². The van der Waals surface area contributed by atoms with Crippen molar-refractivity contribution in [3.05, 3.63) is 40.8 Å². The molecule has 0 saturated heterocycles. The van der Waals surface area contributed by atoms with Crippen molar-refractivity contribution in [2.24, 2.45) is 0 Å². The first kappa shape index (κ1) is 16.9. The second-order valence-electron chi connectivity index (χ2n) is 7.01. The highest BCUT2D eigenvalue weighted by Gasteiger charge is 2.15. The van der Waals surface area contributed by atoms with E-state index in [1.54, 1.807) is 0 Å². The van der Waals surface area contributed by atoms with E-state index in [-0.39, 0.29) is 11.3 Å². The Bertz CT molecular complexity index is 893. The molecule has 0 fully saturated rings. The largest absolute Gasteiger partial charge is 0.350 e. The zero-order valence-electron chi connectivity index (χ0n) is 14.6. The van der Waals surface area contributed by atoms with Crippen LogP contribution in [0.5, 0.6) is 0 Å². The van der Waals surface area contributed by atoms with E-state index in [0.717, 1.165) is 27.7 Å². The maximum Gasteiger partial charge on any atom is 0.261 e. The third-order valence-electron chi connectivity index (χ3n) is 4.05. The fourth-order valence-corrected chi connectivity index (χ4v) is 3.54. The molecule has 1 amide bonds. The summed E-state index contributed by atoms with van der Waals surface area (Å²) in [6, 6.07) is 10.5. The molecule has 0 unspecified atom stereocenters. The van der Waals surface area contributed by atoms with E-state index in [1.807, 2.05) is 13.1 Å². The van der Waals surface area contributed by atoms with Gasteiger partial charge in [-0.15, -0.1) is 11.3 Å². The van der Waals surface area contributed by atoms with Crippen LogP contribution in [0.1, 0.15) is 36.0 Å². The van der Waals surface area contributed by atoms with Crippen LogP contribution in [-0.4, -0.2) is 31.0 Å². The van der Waals surface area contributed by atoms with Gasteiger partial charge in [0.25, 0.3) is 5.91 Å². The van der Waals surface area contributed by atoms with Gasteiger partial charge in [-0.3, -0.25) is 4.79 Å². The number of likely N-dealkylation sites (N-methyl/N-ethyl adjacent to an activating group) is 1. The second-order valence-corrected chi connectivity index (χ2v) is 8.04. The molecule has 2 N–H and O–H groups in total. The van der Waals surface area contributed by atoms with Crippen LogP contribution in [-0.2, 0) is 5.41 Å². The van der Waals surface area contributed by atoms with Crippen molar-refractivity contribution in [1.29, 1.82) is 0 Å². The molecule has 0 aliphatic carbocycles. The smallest absolute Gasteiger partial charge is 0.261 e. The van der Waals surface area contributed by atoms with Gasteiger partial charge in [-0.25, -0.2) is 4.98 Å². The molecule has 0 radical (unpaired) electrons. The fourth-order valence-electron chi connectivity index (χ4n) is 2.60. The van der Waals surface area contributed by atoms with E-state index in [1.165, 1.54) is 16.9 Å². The summed E-state index contributed by atoms with van der Waals surface area (Å²) in [5.41, 5.74) is 2.37. The van der Waals surface area contributed by atoms with E-state index in [4.69, 9.17) is 4.98 Å². The number of fused-ring (bicyclic) bond motifs is 2. The predicted molar refractivity (Wildman–Crippen MR) is 102 cm³/mol. The Balaban J connectivity index is 1.97. The lowest BCUT2D eigenvalue weighted by atomic mass is 9.86. The monoisotopic (exact) mass is 341 g/mol. The Kier molecular flexibility index (Phi) is 4.56. The lowest BCUT2D eigenvalue weighted by Gasteiger charge is -2.19. The summed E-state index contributed by atoms with van der Waals surface area (Å²) in [7, 11) is 1.87. The van der Waals surface area contributed by atoms with Gasteiger partial charge in [0.15, 0.2) is 0 Å². The molecule has 0 spiro atoms. The first-order valence-electron chi connectivity index (χ1n) is 8.16. The lowest BCUT2D eigenvalue weighted by molar-refractivity contribution is 0.0958. The van der Waals surface area contributed by atoms with Crippen molar-refractivity contribution < 1.29 is 4.79 Å². The molecule has 126 valence electrons. The highest BCUT2D eigenvalue weighted by atomic mass is 32.1. The Hall–Kier alpha value is -1.98. The van der Waals surface area contributed by atoms with Crippen molar-refractivity contribution >= 4 is 38.4 Å². The first-order valence-corrected chi connectivity index (χ1v) is 8.98. The number of hydrogen-bond acceptors (Lipinski definition) is 4. The molecule has 0 atom stereocenters. The molecule has 2 aromatic heterocycles. The summed E-state index contributed by atoms with van der Waals surface area (Å²) < 4.78 is 0. The number of nitrogens with one attached hydrogen (secondary N) is 2. The average molecular weight is 341 g/mol. The van der Waals surface area contributed by atoms with Crippen molar-refractivity contribution in [3.63, 3.8) is 0 Å². The number of carbonyl (C=O) groups excluding carboxylic acids is 1. The van der Waals surface area contributed by atoms with E-state index in [2.05, 4.69) is 55.7 Å². The molecule has 0 aliphatic heterocycles. The normalized spacial score (nSPS) is 12.0. The average Bonchev–Trinajstić information content (AvgIpc) is 2.94. The van der Waals surface area contributed by atoms with Crippen LogP contribution < -0.4 is 10.6 Å². The molecule has 1 aromatic carbocycles. The number of benzene rings is 1. The Morgan fingerprint density at radius 1 is 1.12 bits per heavy atom. The molecular weight excluding hydrogens is 318 g/mol. The maximum absolute atomic E-state index is 12.2. The summed E-state index contributed by atoms with van der Waals surface area (Å²) in [5.74, 6) is -0.0345. The van der Waals surface area contributed by atoms with Gasteiger partial charge in [-0.05, 0) is 42.3 Å². The van der Waals surface area contributed by atoms with Crippen molar-refractivity contribution in [2.75, 3.05) is 20.1 Å². The molecule has 24 heavy (non-hydrogen) atoms. The van der Waals surface area contributed by atoms with Gasteiger partial charge in [0.05, 0.1) is 10.4 Å². The zero-order valence-corrected chi connectivity index (χ0v) is 15.4. The van der Waals surface area contributed by atoms with E-state index in [9.17, 15) is 4.79 Å². The molecule has 3 rings (SSSR count). The van der Waals surface area contributed by atoms with Crippen molar-refractivity contribution in [1.82, 2.24) is 15.6 Å². The molecule has 5 heteroatoms. The van der Waals surface area contributed by atoms with Gasteiger partial charge < -0.3 is 10.6 Å². The number of carbonyl (C=O) groups is 1. The first-order chi connectivity index (χ1) is 11.4. The minimum atomic E-state index is -0.0345. The van der Waals surface area contributed by atoms with Gasteiger partial charge >= 0.3 is 0 Å². The maximum atomic E-state index is 12.2. The van der Waals surface area contributed by atoms with Crippen LogP contribution in [0.25, 0.3) is 21.1 Å². The van der Waals surface area contributed by atoms with Gasteiger partial charge in [-0.1, -0.05) is 26.8 Å². The summed E-state index contributed by atoms with van der Waals surface area (Å²) in [4.78, 5) is 18.6. The van der Waals surface area contributed by atoms with Crippen LogP contribution >= 0.6 is 11.3 Å². The number of rotatable bonds is 4. The Morgan fingerprint density at radius 3 is 2.62 bits per heavy atom. The third-order valence-corrected chi connectivity index (χ3v) is 5.09. The van der Waals surface area contributed by atoms with Gasteiger partial charge in [0.1, 0.15) is 4.83 Å². The topological polar surface area (TPSA) is 54.0 Å². The van der Waals surface area contributed by atoms with Gasteiger partial charge in [0, 0.05) is 23.9 Å². The summed E-state index contributed by atoms with van der Waals surface area (Å²) in [6.07, 6.45) is 0. The molecule has 0 bridgehead atoms. The molecule has 2 heterocycles. The minimum absolute atomic E-state index is 0.0345. The summed E-state index contributed by atoms with van der Waals surface area (Å²) in [5, 5.41) is 8.07. The number of amides is 1. The number of aromatic nitrogens is 1. The Morgan fingerprint density at radius 2 is 1.92 bits per heavy atom. The molecule has 3 aromatic rings. The fraction of sp³-hybridized carbons (Fsp3) is 0.368. The number of hydrogen-bond donors (Lipinski definition) is 2. The van der Waals surface area contributed by atoms with Crippen LogP contribution in [0.15, 0.2) is 30.3 Å². The quantitative estimate of drug-likeness (QED) is 0.712. The van der Waals surface area contributed by atoms with Gasteiger partial charge in [0.2, 0.25) is 0 Å². The van der Waals surface area contributed by atoms with Crippen molar-refractivity contribution in [3.8, 4) is 0 Å². The zero-order chi connectivity index (χ0) is 17.3. The molecular formula is C19H23N3OS. The van der Waals surface area contributed by atoms with Crippen LogP contribution in [0.4, 0.5) is 0 Å². The number of nitrogens with zero attached hydrogens (tertiary/aromatic N) is 1. The number of thiophene rings is 1. The molecule has 0 aliphatic rings. The predicted octanol–water partition coefficient (Wildman–Crippen LogP) is 3.70. The highest BCUT2D eigenvalue weighted by molar-refractivity contribution is 7.20. The second kappa shape index (κ2) is 6.49. The standard InChI is InChI=1S/C19H23N3OS/c1-19(2,3)14-5-6-15-12(10-14)9-13-11-16(24-18(13)22-15)17(23)21-8-7-20-4/h5-6,9-11,20H,7-8H2,1-4H3,(H,21,23). The van der Waals surface area contributed by atoms with Crippen molar-refractivity contribution in [2.45, 2.75) is 26.2 Å². The van der Waals surface area contributed by atoms with Crippen LogP contribution in [0.3, 0.4) is 0 Å². The van der Waals surface area contributed by atoms with E-state index in [0.29, 0.717) is 11.4 Å². The number of pyridine rings is 1. The highest BCUT2D eigenvalue weighted by Crippen LogP contribution is 2.30. The van der Waals surface area contributed by atoms with Crippen LogP contribution in [0.2, 0.25) is 0 Å². The summed E-state index contributed by atoms with van der Waals surface area (Å²) >= 11 is 1.44. The third kappa shape index (κ3) is 3.42. The molecule has 0 saturated carbocycles. The van der Waals surface area contributed by atoms with Gasteiger partial charge in [-0.2, -0.15) is 0 Å². The Labute approximate surface area is 146 Å². The van der Waals surface area contributed by atoms with Crippen LogP contribution in [0, 0.1) is 0 Å². The van der Waals surface area contributed by atoms with E-state index < -0.39 is 0 Å². The summed E-state index contributed by atoms with van der Waals surface area (Å²) in [6.45, 7) is 8.00. The lowest BCUT2D eigenvalue weighted by Crippen LogP contribution is -2.29. The minimum Gasteiger partial charge on any atom is -0.350 e. The molecule has 4 nitrogen and oxygen atoms in total. The SMILES string of the molecule is CNCCNC(=O)c1cc2cc3cc(C(C)(C)C)ccc3nc2s1.